The molecule has 4 rings (SSSR count). The molecule has 3 aliphatic heterocycles. The summed E-state index contributed by atoms with van der Waals surface area (Å²) in [6.45, 7) is 0.0711. The number of fused-ring (bicyclic) bond motifs is 5. The molecule has 3 fully saturated rings. The van der Waals surface area contributed by atoms with E-state index >= 15 is 0 Å². The number of carbonyl (C=O) groups is 3. The van der Waals surface area contributed by atoms with Crippen LogP contribution in [0.4, 0.5) is 0 Å². The predicted molar refractivity (Wildman–Crippen MR) is 104 cm³/mol. The van der Waals surface area contributed by atoms with E-state index in [1.807, 2.05) is 0 Å². The van der Waals surface area contributed by atoms with Gasteiger partial charge in [-0.25, -0.2) is 0 Å². The number of hydrogen-bond donors (Lipinski definition) is 6. The molecule has 0 aromatic heterocycles. The Bertz CT molecular complexity index is 850. The van der Waals surface area contributed by atoms with E-state index < -0.39 is 47.5 Å². The van der Waals surface area contributed by atoms with E-state index in [0.29, 0.717) is 11.8 Å². The number of ether oxygens (including phenoxy) is 1. The molecule has 6 N–H and O–H groups in total. The van der Waals surface area contributed by atoms with Crippen LogP contribution in [0, 0.1) is 5.92 Å². The summed E-state index contributed by atoms with van der Waals surface area (Å²) in [5.74, 6) is -2.56. The highest BCUT2D eigenvalue weighted by molar-refractivity contribution is 7.99. The Kier molecular flexibility index (Phi) is 6.23. The molecule has 0 saturated carbocycles. The summed E-state index contributed by atoms with van der Waals surface area (Å²) in [5.41, 5.74) is -6.28. The molecule has 5 atom stereocenters. The van der Waals surface area contributed by atoms with Gasteiger partial charge in [0.25, 0.3) is 17.5 Å². The molecule has 0 aliphatic carbocycles. The Morgan fingerprint density at radius 3 is 2.77 bits per heavy atom. The monoisotopic (exact) mass is 440 g/mol. The Labute approximate surface area is 176 Å². The lowest BCUT2D eigenvalue weighted by atomic mass is 9.83. The Morgan fingerprint density at radius 1 is 1.37 bits per heavy atom. The average molecular weight is 440 g/mol. The summed E-state index contributed by atoms with van der Waals surface area (Å²) in [5, 5.41) is 45.5. The van der Waals surface area contributed by atoms with Gasteiger partial charge in [-0.15, -0.1) is 11.8 Å². The number of carbonyl (C=O) groups excluding carboxylic acids is 3. The van der Waals surface area contributed by atoms with Gasteiger partial charge in [-0.3, -0.25) is 14.4 Å². The van der Waals surface area contributed by atoms with E-state index in [1.54, 1.807) is 24.3 Å². The maximum Gasteiger partial charge on any atom is 0.278 e. The highest BCUT2D eigenvalue weighted by atomic mass is 32.2. The third kappa shape index (κ3) is 3.84. The minimum atomic E-state index is -2.36. The van der Waals surface area contributed by atoms with Crippen molar-refractivity contribution in [2.75, 3.05) is 19.0 Å². The van der Waals surface area contributed by atoms with Crippen molar-refractivity contribution >= 4 is 29.9 Å². The van der Waals surface area contributed by atoms with Gasteiger partial charge < -0.3 is 35.8 Å². The first-order valence-electron chi connectivity index (χ1n) is 9.30. The van der Waals surface area contributed by atoms with Crippen molar-refractivity contribution in [1.82, 2.24) is 10.6 Å². The molecule has 164 valence electrons. The molecule has 10 nitrogen and oxygen atoms in total. The molecule has 3 saturated heterocycles. The van der Waals surface area contributed by atoms with E-state index in [0.717, 1.165) is 11.8 Å². The summed E-state index contributed by atoms with van der Waals surface area (Å²) >= 11 is 1.30. The van der Waals surface area contributed by atoms with Gasteiger partial charge >= 0.3 is 0 Å². The number of aliphatic hydroxyl groups is 4. The van der Waals surface area contributed by atoms with Gasteiger partial charge in [0.15, 0.2) is 0 Å². The molecule has 11 heteroatoms. The summed E-state index contributed by atoms with van der Waals surface area (Å²) in [6, 6.07) is 6.80. The second kappa shape index (κ2) is 8.25. The predicted octanol–water partition coefficient (Wildman–Crippen LogP) is -1.64. The summed E-state index contributed by atoms with van der Waals surface area (Å²) in [6.07, 6.45) is -1.14. The zero-order valence-electron chi connectivity index (χ0n) is 16.2. The van der Waals surface area contributed by atoms with Crippen molar-refractivity contribution < 1.29 is 39.5 Å². The zero-order chi connectivity index (χ0) is 22.2. The van der Waals surface area contributed by atoms with Crippen molar-refractivity contribution in [3.05, 3.63) is 29.8 Å². The summed E-state index contributed by atoms with van der Waals surface area (Å²) in [4.78, 5) is 37.3. The second-order valence-electron chi connectivity index (χ2n) is 7.66. The molecule has 3 aliphatic rings. The Hall–Kier alpha value is -2.02. The van der Waals surface area contributed by atoms with E-state index in [1.165, 1.54) is 11.8 Å². The highest BCUT2D eigenvalue weighted by Crippen LogP contribution is 2.36. The van der Waals surface area contributed by atoms with Crippen molar-refractivity contribution in [2.24, 2.45) is 5.92 Å². The van der Waals surface area contributed by atoms with Gasteiger partial charge in [0, 0.05) is 22.1 Å². The fraction of sp³-hybridized carbons (Fsp3) is 0.526. The molecular formula is C19H24N2O8S. The lowest BCUT2D eigenvalue weighted by Gasteiger charge is -2.51. The zero-order valence-corrected chi connectivity index (χ0v) is 17.0. The van der Waals surface area contributed by atoms with Gasteiger partial charge in [-0.1, -0.05) is 12.1 Å². The number of piperazine rings is 1. The Morgan fingerprint density at radius 2 is 2.10 bits per heavy atom. The first-order chi connectivity index (χ1) is 14.1. The smallest absolute Gasteiger partial charge is 0.278 e. The third-order valence-electron chi connectivity index (χ3n) is 5.41. The topological polar surface area (TPSA) is 165 Å². The molecule has 2 amide bonds. The normalized spacial score (nSPS) is 31.7. The quantitative estimate of drug-likeness (QED) is 0.215. The first-order valence-corrected chi connectivity index (χ1v) is 10.3. The van der Waals surface area contributed by atoms with Crippen molar-refractivity contribution in [1.29, 1.82) is 0 Å². The van der Waals surface area contributed by atoms with Crippen molar-refractivity contribution in [3.8, 4) is 0 Å². The molecule has 30 heavy (non-hydrogen) atoms. The highest BCUT2D eigenvalue weighted by Gasteiger charge is 2.64. The lowest BCUT2D eigenvalue weighted by molar-refractivity contribution is -0.240. The molecular weight excluding hydrogens is 416 g/mol. The minimum Gasteiger partial charge on any atom is -0.393 e. The Balaban J connectivity index is 1.83. The molecule has 0 spiro atoms. The van der Waals surface area contributed by atoms with Crippen LogP contribution < -0.4 is 10.6 Å². The molecule has 1 aromatic carbocycles. The van der Waals surface area contributed by atoms with Gasteiger partial charge in [-0.05, 0) is 25.5 Å². The van der Waals surface area contributed by atoms with E-state index in [4.69, 9.17) is 4.74 Å². The largest absolute Gasteiger partial charge is 0.393 e. The lowest BCUT2D eigenvalue weighted by Crippen LogP contribution is -2.83. The van der Waals surface area contributed by atoms with Crippen LogP contribution in [-0.2, 0) is 14.3 Å². The number of benzene rings is 1. The summed E-state index contributed by atoms with van der Waals surface area (Å²) in [7, 11) is 0. The van der Waals surface area contributed by atoms with Crippen LogP contribution in [0.3, 0.4) is 0 Å². The van der Waals surface area contributed by atoms with Gasteiger partial charge in [-0.2, -0.15) is 0 Å². The van der Waals surface area contributed by atoms with Crippen LogP contribution in [0.15, 0.2) is 29.2 Å². The van der Waals surface area contributed by atoms with Gasteiger partial charge in [0.2, 0.25) is 5.72 Å². The van der Waals surface area contributed by atoms with Crippen LogP contribution in [0.25, 0.3) is 0 Å². The molecule has 3 heterocycles. The van der Waals surface area contributed by atoms with Crippen molar-refractivity contribution in [2.45, 2.75) is 41.4 Å². The maximum atomic E-state index is 12.8. The van der Waals surface area contributed by atoms with Crippen LogP contribution in [-0.4, -0.2) is 80.6 Å². The van der Waals surface area contributed by atoms with E-state index in [-0.39, 0.29) is 18.8 Å². The first kappa shape index (κ1) is 22.7. The second-order valence-corrected chi connectivity index (χ2v) is 8.76. The van der Waals surface area contributed by atoms with Crippen LogP contribution in [0.5, 0.6) is 0 Å². The van der Waals surface area contributed by atoms with E-state index in [2.05, 4.69) is 10.6 Å². The molecule has 1 unspecified atom stereocenters. The number of rotatable bonds is 7. The number of nitrogens with one attached hydrogen (secondary N) is 2. The number of aliphatic hydroxyl groups excluding tert-OH is 2. The average Bonchev–Trinajstić information content (AvgIpc) is 2.72. The minimum absolute atomic E-state index is 0.117. The van der Waals surface area contributed by atoms with E-state index in [9.17, 15) is 34.8 Å². The van der Waals surface area contributed by atoms with Crippen LogP contribution in [0.1, 0.15) is 23.7 Å². The van der Waals surface area contributed by atoms with Crippen molar-refractivity contribution in [3.63, 3.8) is 0 Å². The van der Waals surface area contributed by atoms with Crippen LogP contribution >= 0.6 is 11.8 Å². The number of thioether (sulfide) groups is 1. The standard InChI is InChI=1S/C19H24N2O8S/c1-17(27,10-23)14(24)19-16(26)20-18(28,15(25)21-19)12(5-6-29-19)9-30-13-4-2-3-11(7-13)8-22/h2-4,7-8,12,14,23-24,27-28H,5-6,9-10H2,1H3,(H,20,26)(H,21,25)/t12?,14-,17-,18+,19-/m0/s1. The molecule has 1 aromatic rings. The maximum absolute atomic E-state index is 12.8. The van der Waals surface area contributed by atoms with Gasteiger partial charge in [0.05, 0.1) is 13.2 Å². The fourth-order valence-corrected chi connectivity index (χ4v) is 4.67. The van der Waals surface area contributed by atoms with Gasteiger partial charge in [0.1, 0.15) is 18.0 Å². The fourth-order valence-electron chi connectivity index (χ4n) is 3.48. The molecule has 0 radical (unpaired) electrons. The number of amides is 2. The SMILES string of the molecule is C[C@](O)(CO)[C@H](O)[C@@]12NC(=O)[C@@](O)(NC1=O)C(CSc1cccc(C=O)c1)CCO2. The number of aldehydes is 1. The molecule has 2 bridgehead atoms. The summed E-state index contributed by atoms with van der Waals surface area (Å²) < 4.78 is 5.52. The van der Waals surface area contributed by atoms with Crippen LogP contribution in [0.2, 0.25) is 0 Å². The number of hydrogen-bond acceptors (Lipinski definition) is 9. The third-order valence-corrected chi connectivity index (χ3v) is 6.57.